The third-order valence-corrected chi connectivity index (χ3v) is 15.2. The summed E-state index contributed by atoms with van der Waals surface area (Å²) in [5.74, 6) is -2.91. The summed E-state index contributed by atoms with van der Waals surface area (Å²) in [7, 11) is 4.50. The highest BCUT2D eigenvalue weighted by molar-refractivity contribution is 6.20. The molecule has 2 aromatic heterocycles. The number of amides is 11. The average molecular weight is 1270 g/mol. The van der Waals surface area contributed by atoms with Gasteiger partial charge in [0.2, 0.25) is 11.8 Å². The van der Waals surface area contributed by atoms with E-state index in [9.17, 15) is 53.1 Å². The molecule has 91 heavy (non-hydrogen) atoms. The van der Waals surface area contributed by atoms with Crippen molar-refractivity contribution in [3.8, 4) is 17.2 Å². The van der Waals surface area contributed by atoms with Gasteiger partial charge in [0.05, 0.1) is 44.3 Å². The number of nitrogens with one attached hydrogen (secondary N) is 6. The topological polar surface area (TPSA) is 365 Å². The number of aromatic hydroxyl groups is 1. The van der Waals surface area contributed by atoms with Gasteiger partial charge in [-0.25, -0.2) is 24.2 Å². The number of anilines is 3. The summed E-state index contributed by atoms with van der Waals surface area (Å²) < 4.78 is 28.0. The van der Waals surface area contributed by atoms with Gasteiger partial charge in [-0.2, -0.15) is 0 Å². The maximum absolute atomic E-state index is 14.5. The number of methoxy groups -OCH3 is 1. The lowest BCUT2D eigenvalue weighted by Gasteiger charge is -2.25. The molecule has 0 aliphatic carbocycles. The van der Waals surface area contributed by atoms with Gasteiger partial charge in [-0.05, 0) is 84.5 Å². The molecule has 9 N–H and O–H groups in total. The fourth-order valence-corrected chi connectivity index (χ4v) is 10.1. The summed E-state index contributed by atoms with van der Waals surface area (Å²) in [6.45, 7) is 3.28. The first-order valence-corrected chi connectivity index (χ1v) is 29.4. The Labute approximate surface area is 526 Å². The highest BCUT2D eigenvalue weighted by atomic mass is 35.5. The fraction of sp³-hybridized carbons (Fsp3) is 0.339. The molecular formula is C62H69ClN12O16. The van der Waals surface area contributed by atoms with Gasteiger partial charge >= 0.3 is 24.3 Å². The van der Waals surface area contributed by atoms with Crippen LogP contribution in [0.1, 0.15) is 64.6 Å². The molecule has 2 aliphatic rings. The molecule has 0 saturated carbocycles. The number of urea groups is 1. The van der Waals surface area contributed by atoms with Crippen LogP contribution in [0, 0.1) is 5.92 Å². The van der Waals surface area contributed by atoms with Crippen LogP contribution in [0.4, 0.5) is 36.4 Å². The van der Waals surface area contributed by atoms with E-state index in [0.717, 1.165) is 22.6 Å². The quantitative estimate of drug-likeness (QED) is 0.0168. The molecule has 0 unspecified atom stereocenters. The number of halogens is 1. The number of carbonyl (C=O) groups is 10. The number of nitrogens with two attached hydrogens (primary N) is 1. The van der Waals surface area contributed by atoms with Crippen molar-refractivity contribution in [1.29, 1.82) is 0 Å². The Hall–Kier alpha value is -10.5. The number of hydrogen-bond donors (Lipinski definition) is 8. The number of benzene rings is 4. The van der Waals surface area contributed by atoms with Crippen LogP contribution in [-0.4, -0.2) is 181 Å². The zero-order valence-corrected chi connectivity index (χ0v) is 51.1. The summed E-state index contributed by atoms with van der Waals surface area (Å²) >= 11 is 6.61. The number of likely N-dealkylation sites (N-methyl/N-ethyl adjacent to an activating group) is 2. The van der Waals surface area contributed by atoms with Gasteiger partial charge in [0.25, 0.3) is 23.6 Å². The number of pyridine rings is 1. The monoisotopic (exact) mass is 1270 g/mol. The van der Waals surface area contributed by atoms with E-state index in [1.807, 2.05) is 0 Å². The van der Waals surface area contributed by atoms with Crippen LogP contribution in [0.3, 0.4) is 0 Å². The molecular weight excluding hydrogens is 1200 g/mol. The SMILES string of the molecule is COc1cccc2c(OC(=O)N(C)CCN(C)C(=O)OCc3ccc(NC(=O)[C@H](CCCNC(N)=O)NC(=O)[C@@H](NC(=O)OCCOCCN4C(=O)C=CC4=O)C(C)C)cc3)cc3c(c12)[C@H](CCl)CN3C(=O)c1cc2cc(NC(=O)c3ccc(O)cc3)ncc2[nH]1. The molecule has 0 radical (unpaired) electrons. The van der Waals surface area contributed by atoms with Gasteiger partial charge in [-0.1, -0.05) is 38.1 Å². The second kappa shape index (κ2) is 30.6. The summed E-state index contributed by atoms with van der Waals surface area (Å²) in [5.41, 5.74) is 8.30. The van der Waals surface area contributed by atoms with Crippen molar-refractivity contribution in [3.05, 3.63) is 126 Å². The summed E-state index contributed by atoms with van der Waals surface area (Å²) in [5, 5.41) is 24.5. The minimum Gasteiger partial charge on any atom is -0.508 e. The van der Waals surface area contributed by atoms with Gasteiger partial charge in [0.15, 0.2) is 0 Å². The van der Waals surface area contributed by atoms with E-state index in [0.29, 0.717) is 49.9 Å². The summed E-state index contributed by atoms with van der Waals surface area (Å²) in [4.78, 5) is 142. The third-order valence-electron chi connectivity index (χ3n) is 14.8. The Bertz CT molecular complexity index is 3730. The highest BCUT2D eigenvalue weighted by Gasteiger charge is 2.38. The maximum atomic E-state index is 14.5. The fourth-order valence-electron chi connectivity index (χ4n) is 9.88. The van der Waals surface area contributed by atoms with Crippen LogP contribution < -0.4 is 46.7 Å². The molecule has 6 aromatic rings. The number of phenols is 1. The number of carbonyl (C=O) groups excluding carboxylic acids is 10. The minimum absolute atomic E-state index is 0.0115. The zero-order chi connectivity index (χ0) is 65.5. The molecule has 28 nitrogen and oxygen atoms in total. The number of H-pyrrole nitrogens is 1. The third kappa shape index (κ3) is 17.0. The molecule has 29 heteroatoms. The number of alkyl carbamates (subject to hydrolysis) is 1. The number of hydrogen-bond acceptors (Lipinski definition) is 17. The molecule has 3 atom stereocenters. The first-order chi connectivity index (χ1) is 43.6. The number of aromatic amines is 1. The Morgan fingerprint density at radius 1 is 0.835 bits per heavy atom. The molecule has 11 amide bonds. The van der Waals surface area contributed by atoms with E-state index >= 15 is 0 Å². The highest BCUT2D eigenvalue weighted by Crippen LogP contribution is 2.49. The van der Waals surface area contributed by atoms with Crippen molar-refractivity contribution < 1.29 is 76.7 Å². The van der Waals surface area contributed by atoms with E-state index in [4.69, 9.17) is 41.0 Å². The average Bonchev–Trinajstić information content (AvgIpc) is 1.66. The Kier molecular flexibility index (Phi) is 22.4. The lowest BCUT2D eigenvalue weighted by atomic mass is 9.94. The number of primary amides is 1. The number of alkyl halides is 1. The Balaban J connectivity index is 0.834. The van der Waals surface area contributed by atoms with E-state index in [1.165, 1.54) is 61.5 Å². The van der Waals surface area contributed by atoms with Gasteiger partial charge in [-0.3, -0.25) is 33.7 Å². The van der Waals surface area contributed by atoms with Crippen LogP contribution in [0.2, 0.25) is 0 Å². The van der Waals surface area contributed by atoms with Crippen molar-refractivity contribution >= 4 is 110 Å². The van der Waals surface area contributed by atoms with Crippen molar-refractivity contribution in [2.45, 2.75) is 51.3 Å². The second-order valence-electron chi connectivity index (χ2n) is 21.5. The Morgan fingerprint density at radius 3 is 2.23 bits per heavy atom. The van der Waals surface area contributed by atoms with Crippen LogP contribution in [0.15, 0.2) is 103 Å². The number of aromatic nitrogens is 2. The molecule has 0 bridgehead atoms. The largest absolute Gasteiger partial charge is 0.508 e. The number of rotatable bonds is 27. The van der Waals surface area contributed by atoms with Crippen LogP contribution in [0.25, 0.3) is 21.7 Å². The number of imide groups is 1. The van der Waals surface area contributed by atoms with Gasteiger partial charge < -0.3 is 80.8 Å². The predicted octanol–water partition coefficient (Wildman–Crippen LogP) is 5.93. The van der Waals surface area contributed by atoms with Crippen LogP contribution in [-0.2, 0) is 40.0 Å². The smallest absolute Gasteiger partial charge is 0.415 e. The van der Waals surface area contributed by atoms with E-state index < -0.39 is 77.8 Å². The number of nitrogens with zero attached hydrogens (tertiary/aromatic N) is 5. The van der Waals surface area contributed by atoms with Crippen molar-refractivity contribution in [1.82, 2.24) is 40.6 Å². The number of fused-ring (bicyclic) bond motifs is 4. The molecule has 0 spiro atoms. The van der Waals surface area contributed by atoms with E-state index in [1.54, 1.807) is 79.4 Å². The summed E-state index contributed by atoms with van der Waals surface area (Å²) in [6.07, 6.45) is 1.68. The molecule has 0 saturated heterocycles. The van der Waals surface area contributed by atoms with Crippen molar-refractivity contribution in [2.75, 3.05) is 95.2 Å². The van der Waals surface area contributed by atoms with E-state index in [-0.39, 0.29) is 107 Å². The maximum Gasteiger partial charge on any atom is 0.415 e. The van der Waals surface area contributed by atoms with Gasteiger partial charge in [-0.15, -0.1) is 11.6 Å². The number of ether oxygens (including phenoxy) is 5. The van der Waals surface area contributed by atoms with Crippen LogP contribution >= 0.6 is 11.6 Å². The van der Waals surface area contributed by atoms with Gasteiger partial charge in [0, 0.05) is 97.7 Å². The summed E-state index contributed by atoms with van der Waals surface area (Å²) in [6, 6.07) is 19.2. The first-order valence-electron chi connectivity index (χ1n) is 28.8. The Morgan fingerprint density at radius 2 is 1.55 bits per heavy atom. The zero-order valence-electron chi connectivity index (χ0n) is 50.4. The number of phenolic OH excluding ortho intramolecular Hbond substituents is 1. The lowest BCUT2D eigenvalue weighted by molar-refractivity contribution is -0.137. The molecule has 0 fully saturated rings. The molecule has 2 aliphatic heterocycles. The molecule has 4 heterocycles. The van der Waals surface area contributed by atoms with E-state index in [2.05, 4.69) is 36.6 Å². The van der Waals surface area contributed by atoms with Gasteiger partial charge in [0.1, 0.15) is 54.1 Å². The molecule has 480 valence electrons. The minimum atomic E-state index is -1.15. The predicted molar refractivity (Wildman–Crippen MR) is 333 cm³/mol. The first kappa shape index (κ1) is 66.5. The lowest BCUT2D eigenvalue weighted by Crippen LogP contribution is -2.54. The normalized spacial score (nSPS) is 13.9. The van der Waals surface area contributed by atoms with Crippen molar-refractivity contribution in [2.24, 2.45) is 11.7 Å². The van der Waals surface area contributed by atoms with Crippen LogP contribution in [0.5, 0.6) is 17.2 Å². The van der Waals surface area contributed by atoms with Crippen molar-refractivity contribution in [3.63, 3.8) is 0 Å². The molecule has 8 rings (SSSR count). The molecule has 4 aromatic carbocycles. The second-order valence-corrected chi connectivity index (χ2v) is 21.8. The standard InChI is InChI=1S/C62H69ClN12O16/c1-35(2)54(71-60(84)89-27-26-88-25-24-74-50(77)19-20-51(74)78)57(81)69-43(9-7-21-65-59(64)83)56(80)67-40-15-11-36(12-16-40)34-90-61(85)72(3)22-23-73(4)62(86)91-48-30-46-52(53-42(48)8-6-10-47(53)87-5)39(31-63)33-75(46)58(82)44-28-38-29-49(66-32-45(38)68-44)70-55(79)37-13-17-41(76)18-14-37/h6,8,10-20,28-30,32,35,39,43,54,68,76H,7,9,21-27,31,33-34H2,1-5H3,(H,67,80)(H,69,81)(H,71,84)(H3,64,65,83)(H,66,70,79)/t39-,43+,54+/m1/s1.